The second-order valence-corrected chi connectivity index (χ2v) is 7.42. The van der Waals surface area contributed by atoms with Crippen molar-refractivity contribution < 1.29 is 9.32 Å². The molecule has 8 nitrogen and oxygen atoms in total. The predicted octanol–water partition coefficient (Wildman–Crippen LogP) is 1.90. The van der Waals surface area contributed by atoms with Gasteiger partial charge >= 0.3 is 0 Å². The highest BCUT2D eigenvalue weighted by Crippen LogP contribution is 2.40. The van der Waals surface area contributed by atoms with Crippen LogP contribution in [0, 0.1) is 5.92 Å². The first-order chi connectivity index (χ1) is 11.5. The largest absolute Gasteiger partial charge is 0.370 e. The fourth-order valence-electron chi connectivity index (χ4n) is 2.39. The van der Waals surface area contributed by atoms with Gasteiger partial charge in [0.05, 0.1) is 5.75 Å². The van der Waals surface area contributed by atoms with Crippen LogP contribution in [0.5, 0.6) is 0 Å². The van der Waals surface area contributed by atoms with Gasteiger partial charge in [0.25, 0.3) is 0 Å². The Morgan fingerprint density at radius 3 is 2.88 bits per heavy atom. The molecule has 1 aliphatic carbocycles. The molecule has 2 N–H and O–H groups in total. The molecule has 0 bridgehead atoms. The summed E-state index contributed by atoms with van der Waals surface area (Å²) in [6, 6.07) is 0. The fraction of sp³-hybridized carbons (Fsp3) is 0.667. The topological polar surface area (TPSA) is 113 Å². The molecule has 0 unspecified atom stereocenters. The van der Waals surface area contributed by atoms with Crippen molar-refractivity contribution in [2.45, 2.75) is 62.9 Å². The summed E-state index contributed by atoms with van der Waals surface area (Å²) in [4.78, 5) is 15.5. The molecule has 3 rings (SSSR count). The Morgan fingerprint density at radius 1 is 1.42 bits per heavy atom. The number of hydrogen-bond acceptors (Lipinski definition) is 7. The molecule has 0 atom stereocenters. The van der Waals surface area contributed by atoms with E-state index in [1.807, 2.05) is 4.57 Å². The molecular formula is C15H22N6O2S. The van der Waals surface area contributed by atoms with E-state index in [9.17, 15) is 4.79 Å². The summed E-state index contributed by atoms with van der Waals surface area (Å²) in [6.07, 6.45) is 3.32. The van der Waals surface area contributed by atoms with Crippen LogP contribution in [0.25, 0.3) is 0 Å². The Kier molecular flexibility index (Phi) is 5.17. The first-order valence-electron chi connectivity index (χ1n) is 8.18. The maximum absolute atomic E-state index is 11.1. The van der Waals surface area contributed by atoms with E-state index in [1.54, 1.807) is 0 Å². The number of rotatable bonds is 9. The van der Waals surface area contributed by atoms with Crippen LogP contribution in [-0.2, 0) is 23.5 Å². The molecule has 2 aromatic rings. The second kappa shape index (κ2) is 7.33. The van der Waals surface area contributed by atoms with Crippen LogP contribution in [0.1, 0.15) is 56.6 Å². The third-order valence-electron chi connectivity index (χ3n) is 3.69. The number of thioether (sulfide) groups is 1. The van der Waals surface area contributed by atoms with Gasteiger partial charge in [-0.05, 0) is 18.8 Å². The standard InChI is InChI=1S/C15H22N6O2S/c1-9(2)7-13-17-12(20-23-13)8-24-15-19-18-14(10-3-4-10)21(15)6-5-11(16)22/h9-10H,3-8H2,1-2H3,(H2,16,22). The maximum Gasteiger partial charge on any atom is 0.226 e. The molecule has 9 heteroatoms. The minimum atomic E-state index is -0.321. The monoisotopic (exact) mass is 350 g/mol. The van der Waals surface area contributed by atoms with Gasteiger partial charge in [-0.2, -0.15) is 4.98 Å². The van der Waals surface area contributed by atoms with Gasteiger partial charge in [0.2, 0.25) is 11.8 Å². The maximum atomic E-state index is 11.1. The molecule has 1 amide bonds. The minimum absolute atomic E-state index is 0.284. The van der Waals surface area contributed by atoms with Gasteiger partial charge in [0.1, 0.15) is 5.82 Å². The molecule has 0 aliphatic heterocycles. The van der Waals surface area contributed by atoms with Gasteiger partial charge in [0, 0.05) is 25.3 Å². The lowest BCUT2D eigenvalue weighted by atomic mass is 10.1. The second-order valence-electron chi connectivity index (χ2n) is 6.47. The predicted molar refractivity (Wildman–Crippen MR) is 88.2 cm³/mol. The summed E-state index contributed by atoms with van der Waals surface area (Å²) in [6.45, 7) is 4.74. The molecule has 1 fully saturated rings. The van der Waals surface area contributed by atoms with Crippen molar-refractivity contribution in [3.8, 4) is 0 Å². The van der Waals surface area contributed by atoms with E-state index in [1.165, 1.54) is 11.8 Å². The van der Waals surface area contributed by atoms with E-state index in [0.717, 1.165) is 30.2 Å². The number of carbonyl (C=O) groups is 1. The van der Waals surface area contributed by atoms with E-state index >= 15 is 0 Å². The average molecular weight is 350 g/mol. The highest BCUT2D eigenvalue weighted by Gasteiger charge is 2.30. The zero-order chi connectivity index (χ0) is 17.1. The summed E-state index contributed by atoms with van der Waals surface area (Å²) in [5.41, 5.74) is 5.28. The van der Waals surface area contributed by atoms with Crippen LogP contribution in [0.15, 0.2) is 9.68 Å². The molecule has 130 valence electrons. The van der Waals surface area contributed by atoms with Crippen molar-refractivity contribution in [3.63, 3.8) is 0 Å². The van der Waals surface area contributed by atoms with Crippen LogP contribution in [0.3, 0.4) is 0 Å². The molecule has 0 saturated heterocycles. The van der Waals surface area contributed by atoms with Crippen molar-refractivity contribution in [1.29, 1.82) is 0 Å². The summed E-state index contributed by atoms with van der Waals surface area (Å²) < 4.78 is 7.25. The lowest BCUT2D eigenvalue weighted by Crippen LogP contribution is -2.15. The van der Waals surface area contributed by atoms with Gasteiger partial charge in [-0.15, -0.1) is 10.2 Å². The Bertz CT molecular complexity index is 707. The highest BCUT2D eigenvalue weighted by molar-refractivity contribution is 7.98. The minimum Gasteiger partial charge on any atom is -0.370 e. The first-order valence-corrected chi connectivity index (χ1v) is 9.17. The summed E-state index contributed by atoms with van der Waals surface area (Å²) in [5.74, 6) is 3.43. The fourth-order valence-corrected chi connectivity index (χ4v) is 3.21. The highest BCUT2D eigenvalue weighted by atomic mass is 32.2. The van der Waals surface area contributed by atoms with Gasteiger partial charge in [-0.25, -0.2) is 0 Å². The van der Waals surface area contributed by atoms with Crippen molar-refractivity contribution in [2.75, 3.05) is 0 Å². The number of primary amides is 1. The molecule has 0 radical (unpaired) electrons. The molecule has 1 aliphatic rings. The number of hydrogen-bond donors (Lipinski definition) is 1. The third kappa shape index (κ3) is 4.34. The Morgan fingerprint density at radius 2 is 2.21 bits per heavy atom. The number of nitrogens with zero attached hydrogens (tertiary/aromatic N) is 5. The lowest BCUT2D eigenvalue weighted by Gasteiger charge is -2.07. The molecule has 24 heavy (non-hydrogen) atoms. The number of amides is 1. The average Bonchev–Trinajstić information content (AvgIpc) is 3.13. The Labute approximate surface area is 144 Å². The Hall–Kier alpha value is -1.90. The number of nitrogens with two attached hydrogens (primary N) is 1. The van der Waals surface area contributed by atoms with Gasteiger partial charge < -0.3 is 14.8 Å². The van der Waals surface area contributed by atoms with Crippen molar-refractivity contribution in [1.82, 2.24) is 24.9 Å². The normalized spacial score (nSPS) is 14.5. The molecular weight excluding hydrogens is 328 g/mol. The first kappa shape index (κ1) is 16.9. The molecule has 2 aromatic heterocycles. The third-order valence-corrected chi connectivity index (χ3v) is 4.66. The van der Waals surface area contributed by atoms with Crippen LogP contribution in [-0.4, -0.2) is 30.8 Å². The molecule has 1 saturated carbocycles. The van der Waals surface area contributed by atoms with E-state index < -0.39 is 0 Å². The van der Waals surface area contributed by atoms with Crippen LogP contribution < -0.4 is 5.73 Å². The van der Waals surface area contributed by atoms with E-state index in [4.69, 9.17) is 10.3 Å². The van der Waals surface area contributed by atoms with E-state index in [0.29, 0.717) is 35.8 Å². The lowest BCUT2D eigenvalue weighted by molar-refractivity contribution is -0.118. The van der Waals surface area contributed by atoms with Gasteiger partial charge in [-0.3, -0.25) is 4.79 Å². The summed E-state index contributed by atoms with van der Waals surface area (Å²) in [5, 5.41) is 13.3. The summed E-state index contributed by atoms with van der Waals surface area (Å²) >= 11 is 1.50. The summed E-state index contributed by atoms with van der Waals surface area (Å²) in [7, 11) is 0. The zero-order valence-electron chi connectivity index (χ0n) is 13.9. The van der Waals surface area contributed by atoms with Crippen molar-refractivity contribution >= 4 is 17.7 Å². The quantitative estimate of drug-likeness (QED) is 0.687. The van der Waals surface area contributed by atoms with Gasteiger partial charge in [0.15, 0.2) is 11.0 Å². The van der Waals surface area contributed by atoms with Gasteiger partial charge in [-0.1, -0.05) is 30.8 Å². The van der Waals surface area contributed by atoms with Crippen LogP contribution in [0.2, 0.25) is 0 Å². The van der Waals surface area contributed by atoms with Crippen LogP contribution in [0.4, 0.5) is 0 Å². The molecule has 0 aromatic carbocycles. The molecule has 0 spiro atoms. The number of carbonyl (C=O) groups excluding carboxylic acids is 1. The van der Waals surface area contributed by atoms with E-state index in [2.05, 4.69) is 34.2 Å². The van der Waals surface area contributed by atoms with Crippen molar-refractivity contribution in [3.05, 3.63) is 17.5 Å². The molecule has 2 heterocycles. The smallest absolute Gasteiger partial charge is 0.226 e. The Balaban J connectivity index is 1.65. The number of aromatic nitrogens is 5. The van der Waals surface area contributed by atoms with Crippen LogP contribution >= 0.6 is 11.8 Å². The zero-order valence-corrected chi connectivity index (χ0v) is 14.8. The SMILES string of the molecule is CC(C)Cc1nc(CSc2nnc(C3CC3)n2CCC(N)=O)no1. The van der Waals surface area contributed by atoms with E-state index in [-0.39, 0.29) is 12.3 Å². The van der Waals surface area contributed by atoms with Crippen molar-refractivity contribution in [2.24, 2.45) is 11.7 Å².